The van der Waals surface area contributed by atoms with Gasteiger partial charge in [0.2, 0.25) is 0 Å². The molecule has 5 nitrogen and oxygen atoms in total. The zero-order valence-corrected chi connectivity index (χ0v) is 16.7. The van der Waals surface area contributed by atoms with Crippen LogP contribution in [0.3, 0.4) is 0 Å². The van der Waals surface area contributed by atoms with E-state index >= 15 is 0 Å². The zero-order chi connectivity index (χ0) is 20.0. The number of nitrogen functional groups attached to an aromatic ring is 1. The van der Waals surface area contributed by atoms with E-state index in [-0.39, 0.29) is 5.69 Å². The minimum absolute atomic E-state index is 0.229. The number of pyridine rings is 2. The summed E-state index contributed by atoms with van der Waals surface area (Å²) < 4.78 is 4.77. The number of methoxy groups -OCH3 is 1. The summed E-state index contributed by atoms with van der Waals surface area (Å²) in [4.78, 5) is 20.7. The molecular weight excluding hydrogens is 338 g/mol. The van der Waals surface area contributed by atoms with E-state index in [9.17, 15) is 4.79 Å². The number of nitrogens with zero attached hydrogens (tertiary/aromatic N) is 2. The zero-order valence-electron chi connectivity index (χ0n) is 16.7. The monoisotopic (exact) mass is 365 g/mol. The summed E-state index contributed by atoms with van der Waals surface area (Å²) in [6, 6.07) is 10.3. The number of benzene rings is 1. The number of hydrogen-bond donors (Lipinski definition) is 1. The van der Waals surface area contributed by atoms with E-state index in [1.54, 1.807) is 6.20 Å². The third-order valence-corrected chi connectivity index (χ3v) is 4.31. The van der Waals surface area contributed by atoms with Crippen LogP contribution in [0.25, 0.3) is 22.0 Å². The Morgan fingerprint density at radius 2 is 1.93 bits per heavy atom. The number of esters is 1. The standard InChI is InChI=1S/C20H21N3O2.C2H6/c1-4-6-13-7-5-8-14(9-13)17-10-15-16(11-22-17)12(2)18(20(24)25-3)23-19(15)21;1-2/h5,7-11H,4,6H2,1-3H3,(H2,21,23);1-2H3. The highest BCUT2D eigenvalue weighted by Gasteiger charge is 2.17. The number of hydrogen-bond acceptors (Lipinski definition) is 5. The molecule has 142 valence electrons. The molecule has 0 spiro atoms. The number of carbonyl (C=O) groups is 1. The van der Waals surface area contributed by atoms with E-state index in [2.05, 4.69) is 29.0 Å². The topological polar surface area (TPSA) is 78.1 Å². The maximum absolute atomic E-state index is 11.9. The maximum atomic E-state index is 11.9. The van der Waals surface area contributed by atoms with Gasteiger partial charge in [0.1, 0.15) is 5.82 Å². The molecule has 0 amide bonds. The van der Waals surface area contributed by atoms with Crippen molar-refractivity contribution in [3.05, 3.63) is 53.3 Å². The molecule has 0 saturated carbocycles. The van der Waals surface area contributed by atoms with Crippen LogP contribution < -0.4 is 5.73 Å². The lowest BCUT2D eigenvalue weighted by Gasteiger charge is -2.11. The molecule has 5 heteroatoms. The highest BCUT2D eigenvalue weighted by Crippen LogP contribution is 2.29. The highest BCUT2D eigenvalue weighted by atomic mass is 16.5. The number of rotatable bonds is 4. The molecule has 1 aromatic carbocycles. The van der Waals surface area contributed by atoms with Gasteiger partial charge in [0.25, 0.3) is 0 Å². The second-order valence-corrected chi connectivity index (χ2v) is 6.03. The van der Waals surface area contributed by atoms with Crippen molar-refractivity contribution in [3.63, 3.8) is 0 Å². The van der Waals surface area contributed by atoms with Crippen molar-refractivity contribution in [3.8, 4) is 11.3 Å². The average molecular weight is 365 g/mol. The third-order valence-electron chi connectivity index (χ3n) is 4.31. The molecule has 2 aromatic heterocycles. The van der Waals surface area contributed by atoms with Gasteiger partial charge >= 0.3 is 5.97 Å². The van der Waals surface area contributed by atoms with Crippen LogP contribution in [0.1, 0.15) is 48.8 Å². The van der Waals surface area contributed by atoms with Gasteiger partial charge in [-0.2, -0.15) is 0 Å². The molecule has 0 atom stereocenters. The van der Waals surface area contributed by atoms with E-state index in [0.29, 0.717) is 5.82 Å². The summed E-state index contributed by atoms with van der Waals surface area (Å²) in [6.45, 7) is 7.99. The molecule has 0 aliphatic heterocycles. The van der Waals surface area contributed by atoms with Crippen molar-refractivity contribution < 1.29 is 9.53 Å². The van der Waals surface area contributed by atoms with Gasteiger partial charge in [-0.25, -0.2) is 9.78 Å². The molecule has 3 aromatic rings. The van der Waals surface area contributed by atoms with Crippen molar-refractivity contribution in [1.29, 1.82) is 0 Å². The molecule has 2 heterocycles. The van der Waals surface area contributed by atoms with E-state index in [1.807, 2.05) is 39.0 Å². The third kappa shape index (κ3) is 4.25. The summed E-state index contributed by atoms with van der Waals surface area (Å²) in [5.74, 6) is -0.197. The van der Waals surface area contributed by atoms with E-state index < -0.39 is 5.97 Å². The number of fused-ring (bicyclic) bond motifs is 1. The minimum atomic E-state index is -0.498. The summed E-state index contributed by atoms with van der Waals surface area (Å²) in [5.41, 5.74) is 10.2. The Hall–Kier alpha value is -2.95. The van der Waals surface area contributed by atoms with Crippen molar-refractivity contribution in [1.82, 2.24) is 9.97 Å². The van der Waals surface area contributed by atoms with Gasteiger partial charge in [-0.3, -0.25) is 4.98 Å². The van der Waals surface area contributed by atoms with Crippen molar-refractivity contribution in [2.45, 2.75) is 40.5 Å². The number of ether oxygens (including phenoxy) is 1. The quantitative estimate of drug-likeness (QED) is 0.662. The Morgan fingerprint density at radius 3 is 2.59 bits per heavy atom. The van der Waals surface area contributed by atoms with Gasteiger partial charge < -0.3 is 10.5 Å². The summed E-state index contributed by atoms with van der Waals surface area (Å²) >= 11 is 0. The molecule has 0 radical (unpaired) electrons. The molecule has 0 unspecified atom stereocenters. The molecular formula is C22H27N3O2. The average Bonchev–Trinajstić information content (AvgIpc) is 2.71. The van der Waals surface area contributed by atoms with Gasteiger partial charge in [0.05, 0.1) is 12.8 Å². The fraction of sp³-hybridized carbons (Fsp3) is 0.318. The summed E-state index contributed by atoms with van der Waals surface area (Å²) in [6.07, 6.45) is 3.88. The second-order valence-electron chi connectivity index (χ2n) is 6.03. The normalized spacial score (nSPS) is 10.3. The van der Waals surface area contributed by atoms with Gasteiger partial charge in [0, 0.05) is 22.5 Å². The summed E-state index contributed by atoms with van der Waals surface area (Å²) in [7, 11) is 1.33. The van der Waals surface area contributed by atoms with Crippen molar-refractivity contribution >= 4 is 22.6 Å². The number of nitrogens with two attached hydrogens (primary N) is 1. The number of anilines is 1. The molecule has 0 fully saturated rings. The van der Waals surface area contributed by atoms with Crippen LogP contribution in [-0.2, 0) is 11.2 Å². The molecule has 0 aliphatic carbocycles. The lowest BCUT2D eigenvalue weighted by molar-refractivity contribution is 0.0593. The van der Waals surface area contributed by atoms with Crippen molar-refractivity contribution in [2.24, 2.45) is 0 Å². The molecule has 0 bridgehead atoms. The molecule has 27 heavy (non-hydrogen) atoms. The SMILES string of the molecule is CC.CCCc1cccc(-c2cc3c(N)nc(C(=O)OC)c(C)c3cn2)c1. The first-order chi connectivity index (χ1) is 13.0. The fourth-order valence-corrected chi connectivity index (χ4v) is 2.99. The maximum Gasteiger partial charge on any atom is 0.357 e. The van der Waals surface area contributed by atoms with Crippen LogP contribution in [-0.4, -0.2) is 23.0 Å². The van der Waals surface area contributed by atoms with Crippen LogP contribution in [0.2, 0.25) is 0 Å². The van der Waals surface area contributed by atoms with E-state index in [1.165, 1.54) is 12.7 Å². The van der Waals surface area contributed by atoms with Crippen LogP contribution in [0, 0.1) is 6.92 Å². The number of aromatic nitrogens is 2. The Balaban J connectivity index is 0.00000126. The number of carbonyl (C=O) groups excluding carboxylic acids is 1. The van der Waals surface area contributed by atoms with Crippen molar-refractivity contribution in [2.75, 3.05) is 12.8 Å². The van der Waals surface area contributed by atoms with Crippen LogP contribution in [0.4, 0.5) is 5.82 Å². The van der Waals surface area contributed by atoms with Gasteiger partial charge in [-0.05, 0) is 36.6 Å². The Bertz CT molecular complexity index is 952. The van der Waals surface area contributed by atoms with Crippen LogP contribution in [0.15, 0.2) is 36.5 Å². The largest absolute Gasteiger partial charge is 0.464 e. The van der Waals surface area contributed by atoms with Gasteiger partial charge in [-0.1, -0.05) is 45.4 Å². The molecule has 2 N–H and O–H groups in total. The summed E-state index contributed by atoms with van der Waals surface area (Å²) in [5, 5.41) is 1.59. The first-order valence-corrected chi connectivity index (χ1v) is 9.28. The first kappa shape index (κ1) is 20.4. The molecule has 3 rings (SSSR count). The fourth-order valence-electron chi connectivity index (χ4n) is 2.99. The number of aryl methyl sites for hydroxylation is 2. The van der Waals surface area contributed by atoms with E-state index in [0.717, 1.165) is 40.4 Å². The molecule has 0 saturated heterocycles. The Kier molecular flexibility index (Phi) is 6.88. The predicted molar refractivity (Wildman–Crippen MR) is 111 cm³/mol. The highest BCUT2D eigenvalue weighted by molar-refractivity contribution is 6.01. The first-order valence-electron chi connectivity index (χ1n) is 9.28. The Morgan fingerprint density at radius 1 is 1.19 bits per heavy atom. The predicted octanol–water partition coefficient (Wildman–Crippen LogP) is 4.95. The van der Waals surface area contributed by atoms with E-state index in [4.69, 9.17) is 10.5 Å². The van der Waals surface area contributed by atoms with Gasteiger partial charge in [-0.15, -0.1) is 0 Å². The lowest BCUT2D eigenvalue weighted by Crippen LogP contribution is -2.09. The Labute approximate surface area is 160 Å². The second kappa shape index (κ2) is 9.12. The minimum Gasteiger partial charge on any atom is -0.464 e. The van der Waals surface area contributed by atoms with Crippen LogP contribution >= 0.6 is 0 Å². The van der Waals surface area contributed by atoms with Gasteiger partial charge in [0.15, 0.2) is 5.69 Å². The van der Waals surface area contributed by atoms with Crippen LogP contribution in [0.5, 0.6) is 0 Å². The lowest BCUT2D eigenvalue weighted by atomic mass is 10.0. The molecule has 0 aliphatic rings. The smallest absolute Gasteiger partial charge is 0.357 e.